The van der Waals surface area contributed by atoms with Crippen LogP contribution in [-0.4, -0.2) is 62.0 Å². The molecular weight excluding hydrogens is 424 g/mol. The van der Waals surface area contributed by atoms with Gasteiger partial charge < -0.3 is 15.2 Å². The molecule has 2 aliphatic rings. The fourth-order valence-corrected chi connectivity index (χ4v) is 4.74. The predicted molar refractivity (Wildman–Crippen MR) is 121 cm³/mol. The molecular formula is C20H22N4O4S2. The van der Waals surface area contributed by atoms with Gasteiger partial charge >= 0.3 is 0 Å². The van der Waals surface area contributed by atoms with E-state index in [0.717, 1.165) is 18.4 Å². The van der Waals surface area contributed by atoms with E-state index in [0.29, 0.717) is 33.8 Å². The van der Waals surface area contributed by atoms with Crippen LogP contribution in [0, 0.1) is 6.92 Å². The monoisotopic (exact) mass is 446 g/mol. The summed E-state index contributed by atoms with van der Waals surface area (Å²) in [6, 6.07) is 3.62. The molecule has 2 aromatic heterocycles. The fourth-order valence-electron chi connectivity index (χ4n) is 3.48. The van der Waals surface area contributed by atoms with E-state index in [1.165, 1.54) is 16.2 Å². The normalized spacial score (nSPS) is 20.7. The Morgan fingerprint density at radius 1 is 1.43 bits per heavy atom. The molecule has 30 heavy (non-hydrogen) atoms. The first kappa shape index (κ1) is 21.0. The van der Waals surface area contributed by atoms with Crippen molar-refractivity contribution in [1.29, 1.82) is 0 Å². The van der Waals surface area contributed by atoms with E-state index in [9.17, 15) is 14.7 Å². The van der Waals surface area contributed by atoms with Gasteiger partial charge in [0.15, 0.2) is 0 Å². The number of thioether (sulfide) groups is 1. The van der Waals surface area contributed by atoms with Gasteiger partial charge in [0.1, 0.15) is 15.8 Å². The van der Waals surface area contributed by atoms with E-state index >= 15 is 0 Å². The van der Waals surface area contributed by atoms with Crippen molar-refractivity contribution in [3.8, 4) is 0 Å². The van der Waals surface area contributed by atoms with Gasteiger partial charge in [-0.1, -0.05) is 30.0 Å². The van der Waals surface area contributed by atoms with Gasteiger partial charge in [0.05, 0.1) is 29.7 Å². The largest absolute Gasteiger partial charge is 0.395 e. The van der Waals surface area contributed by atoms with Crippen LogP contribution in [0.15, 0.2) is 28.0 Å². The van der Waals surface area contributed by atoms with Gasteiger partial charge in [-0.2, -0.15) is 0 Å². The molecule has 10 heteroatoms. The van der Waals surface area contributed by atoms with Crippen molar-refractivity contribution in [2.24, 2.45) is 0 Å². The van der Waals surface area contributed by atoms with E-state index in [-0.39, 0.29) is 36.3 Å². The second kappa shape index (κ2) is 8.84. The minimum absolute atomic E-state index is 0.00966. The Morgan fingerprint density at radius 2 is 2.27 bits per heavy atom. The maximum absolute atomic E-state index is 13.2. The van der Waals surface area contributed by atoms with Crippen LogP contribution in [-0.2, 0) is 9.53 Å². The fraction of sp³-hybridized carbons (Fsp3) is 0.400. The summed E-state index contributed by atoms with van der Waals surface area (Å²) >= 11 is 6.57. The van der Waals surface area contributed by atoms with Crippen molar-refractivity contribution in [3.05, 3.63) is 44.7 Å². The van der Waals surface area contributed by atoms with Crippen molar-refractivity contribution in [2.75, 3.05) is 31.6 Å². The number of hydrogen-bond donors (Lipinski definition) is 2. The molecule has 0 aromatic carbocycles. The Labute approximate surface area is 182 Å². The van der Waals surface area contributed by atoms with Crippen LogP contribution in [0.2, 0.25) is 0 Å². The number of aliphatic hydroxyl groups is 1. The number of pyridine rings is 1. The highest BCUT2D eigenvalue weighted by atomic mass is 32.2. The number of anilines is 1. The topological polar surface area (TPSA) is 96.2 Å². The highest BCUT2D eigenvalue weighted by Crippen LogP contribution is 2.34. The Kier molecular flexibility index (Phi) is 6.19. The van der Waals surface area contributed by atoms with Crippen molar-refractivity contribution in [1.82, 2.24) is 14.3 Å². The van der Waals surface area contributed by atoms with Crippen LogP contribution in [0.1, 0.15) is 24.0 Å². The number of aryl methyl sites for hydroxylation is 1. The van der Waals surface area contributed by atoms with Crippen molar-refractivity contribution in [2.45, 2.75) is 25.9 Å². The van der Waals surface area contributed by atoms with E-state index in [2.05, 4.69) is 10.3 Å². The van der Waals surface area contributed by atoms with E-state index in [1.807, 2.05) is 13.0 Å². The first-order valence-corrected chi connectivity index (χ1v) is 10.9. The lowest BCUT2D eigenvalue weighted by Gasteiger charge is -2.18. The molecule has 2 fully saturated rings. The zero-order valence-corrected chi connectivity index (χ0v) is 18.1. The van der Waals surface area contributed by atoms with Gasteiger partial charge in [0, 0.05) is 19.3 Å². The van der Waals surface area contributed by atoms with Gasteiger partial charge in [-0.25, -0.2) is 4.98 Å². The van der Waals surface area contributed by atoms with Gasteiger partial charge in [-0.3, -0.25) is 18.9 Å². The average molecular weight is 447 g/mol. The molecule has 1 atom stereocenters. The van der Waals surface area contributed by atoms with Gasteiger partial charge in [0.25, 0.3) is 11.5 Å². The Bertz CT molecular complexity index is 1090. The zero-order valence-electron chi connectivity index (χ0n) is 16.5. The molecule has 4 heterocycles. The Balaban J connectivity index is 1.73. The molecule has 2 aromatic rings. The van der Waals surface area contributed by atoms with Crippen molar-refractivity contribution < 1.29 is 14.6 Å². The van der Waals surface area contributed by atoms with E-state index < -0.39 is 0 Å². The SMILES string of the molecule is Cc1ccc2nc(NCCO)c(/C=C3/SC(=S)N(C[C@H]4CCCO4)C3=O)c(=O)n2c1. The third-order valence-corrected chi connectivity index (χ3v) is 6.35. The molecule has 158 valence electrons. The number of nitrogens with one attached hydrogen (secondary N) is 1. The maximum Gasteiger partial charge on any atom is 0.267 e. The predicted octanol–water partition coefficient (Wildman–Crippen LogP) is 1.79. The van der Waals surface area contributed by atoms with Crippen LogP contribution in [0.4, 0.5) is 5.82 Å². The average Bonchev–Trinajstić information content (AvgIpc) is 3.33. The number of ether oxygens (including phenoxy) is 1. The van der Waals surface area contributed by atoms with Crippen LogP contribution in [0.5, 0.6) is 0 Å². The molecule has 8 nitrogen and oxygen atoms in total. The van der Waals surface area contributed by atoms with E-state index in [1.54, 1.807) is 23.2 Å². The number of aliphatic hydroxyl groups excluding tert-OH is 1. The highest BCUT2D eigenvalue weighted by molar-refractivity contribution is 8.26. The molecule has 2 aliphatic heterocycles. The molecule has 0 bridgehead atoms. The summed E-state index contributed by atoms with van der Waals surface area (Å²) in [7, 11) is 0. The lowest BCUT2D eigenvalue weighted by Crippen LogP contribution is -2.35. The van der Waals surface area contributed by atoms with Crippen LogP contribution >= 0.6 is 24.0 Å². The highest BCUT2D eigenvalue weighted by Gasteiger charge is 2.35. The van der Waals surface area contributed by atoms with Gasteiger partial charge in [-0.05, 0) is 37.5 Å². The first-order valence-electron chi connectivity index (χ1n) is 9.72. The van der Waals surface area contributed by atoms with Crippen LogP contribution in [0.25, 0.3) is 11.7 Å². The molecule has 0 spiro atoms. The first-order chi connectivity index (χ1) is 14.5. The summed E-state index contributed by atoms with van der Waals surface area (Å²) in [5.74, 6) is 0.0876. The molecule has 2 saturated heterocycles. The molecule has 0 saturated carbocycles. The second-order valence-electron chi connectivity index (χ2n) is 7.19. The number of carbonyl (C=O) groups excluding carboxylic acids is 1. The minimum atomic E-state index is -0.298. The Hall–Kier alpha value is -2.27. The quantitative estimate of drug-likeness (QED) is 0.512. The minimum Gasteiger partial charge on any atom is -0.395 e. The third-order valence-electron chi connectivity index (χ3n) is 4.97. The number of hydrogen-bond acceptors (Lipinski definition) is 8. The summed E-state index contributed by atoms with van der Waals surface area (Å²) in [5.41, 5.74) is 1.35. The zero-order chi connectivity index (χ0) is 21.3. The third kappa shape index (κ3) is 4.13. The molecule has 0 aliphatic carbocycles. The lowest BCUT2D eigenvalue weighted by atomic mass is 10.2. The summed E-state index contributed by atoms with van der Waals surface area (Å²) in [6.45, 7) is 3.13. The van der Waals surface area contributed by atoms with Crippen molar-refractivity contribution >= 4 is 51.7 Å². The van der Waals surface area contributed by atoms with E-state index in [4.69, 9.17) is 17.0 Å². The van der Waals surface area contributed by atoms with Crippen molar-refractivity contribution in [3.63, 3.8) is 0 Å². The number of amides is 1. The smallest absolute Gasteiger partial charge is 0.267 e. The maximum atomic E-state index is 13.2. The number of thiocarbonyl (C=S) groups is 1. The number of aromatic nitrogens is 2. The number of carbonyl (C=O) groups is 1. The summed E-state index contributed by atoms with van der Waals surface area (Å²) in [5, 5.41) is 12.2. The molecule has 0 radical (unpaired) electrons. The Morgan fingerprint density at radius 3 is 3.00 bits per heavy atom. The summed E-state index contributed by atoms with van der Waals surface area (Å²) < 4.78 is 7.54. The number of nitrogens with zero attached hydrogens (tertiary/aromatic N) is 3. The van der Waals surface area contributed by atoms with Crippen LogP contribution < -0.4 is 10.9 Å². The van der Waals surface area contributed by atoms with Gasteiger partial charge in [-0.15, -0.1) is 0 Å². The number of rotatable bonds is 6. The summed E-state index contributed by atoms with van der Waals surface area (Å²) in [4.78, 5) is 32.6. The molecule has 2 N–H and O–H groups in total. The summed E-state index contributed by atoms with van der Waals surface area (Å²) in [6.07, 6.45) is 5.12. The number of fused-ring (bicyclic) bond motifs is 1. The molecule has 4 rings (SSSR count). The molecule has 1 amide bonds. The standard InChI is InChI=1S/C20H22N4O4S2/c1-12-4-5-16-22-17(21-6-7-25)14(18(26)23(16)10-12)9-15-19(27)24(20(29)30-15)11-13-3-2-8-28-13/h4-5,9-10,13,21,25H,2-3,6-8,11H2,1H3/b15-9+/t13-/m1/s1. The van der Waals surface area contributed by atoms with Gasteiger partial charge in [0.2, 0.25) is 0 Å². The second-order valence-corrected chi connectivity index (χ2v) is 8.87. The lowest BCUT2D eigenvalue weighted by molar-refractivity contribution is -0.123. The molecule has 0 unspecified atom stereocenters. The van der Waals surface area contributed by atoms with Crippen LogP contribution in [0.3, 0.4) is 0 Å².